The number of halogens is 2. The summed E-state index contributed by atoms with van der Waals surface area (Å²) >= 11 is 7.29. The van der Waals surface area contributed by atoms with Crippen molar-refractivity contribution in [3.63, 3.8) is 0 Å². The van der Waals surface area contributed by atoms with E-state index in [9.17, 15) is 9.18 Å². The summed E-state index contributed by atoms with van der Waals surface area (Å²) in [7, 11) is 1.60. The quantitative estimate of drug-likeness (QED) is 0.461. The van der Waals surface area contributed by atoms with Gasteiger partial charge in [-0.1, -0.05) is 29.4 Å². The SMILES string of the molecule is COc1ccc(-c2nnc(SCC(=O)N(Cc3c(F)cccc3Cl)C3CC3)o2)cc1. The molecule has 30 heavy (non-hydrogen) atoms. The van der Waals surface area contributed by atoms with E-state index in [-0.39, 0.29) is 24.2 Å². The molecule has 0 spiro atoms. The molecule has 2 aromatic carbocycles. The second-order valence-corrected chi connectivity index (χ2v) is 8.18. The second kappa shape index (κ2) is 9.06. The Hall–Kier alpha value is -2.58. The van der Waals surface area contributed by atoms with Crippen LogP contribution in [0.1, 0.15) is 18.4 Å². The number of hydrogen-bond acceptors (Lipinski definition) is 6. The molecule has 4 rings (SSSR count). The number of ether oxygens (including phenoxy) is 1. The lowest BCUT2D eigenvalue weighted by molar-refractivity contribution is -0.129. The van der Waals surface area contributed by atoms with Gasteiger partial charge in [-0.15, -0.1) is 10.2 Å². The van der Waals surface area contributed by atoms with Crippen molar-refractivity contribution in [3.05, 3.63) is 58.9 Å². The summed E-state index contributed by atoms with van der Waals surface area (Å²) in [5.74, 6) is 0.686. The summed E-state index contributed by atoms with van der Waals surface area (Å²) < 4.78 is 24.9. The molecule has 1 aliphatic carbocycles. The molecule has 1 heterocycles. The molecular formula is C21H19ClFN3O3S. The molecule has 1 amide bonds. The first kappa shape index (κ1) is 20.7. The fourth-order valence-electron chi connectivity index (χ4n) is 2.99. The standard InChI is InChI=1S/C21H19ClFN3O3S/c1-28-15-9-5-13(6-10-15)20-24-25-21(29-20)30-12-19(27)26(14-7-8-14)11-16-17(22)3-2-4-18(16)23/h2-6,9-10,14H,7-8,11-12H2,1H3. The Labute approximate surface area is 182 Å². The molecule has 0 unspecified atom stereocenters. The zero-order valence-corrected chi connectivity index (χ0v) is 17.8. The van der Waals surface area contributed by atoms with Gasteiger partial charge < -0.3 is 14.1 Å². The maximum atomic E-state index is 14.2. The summed E-state index contributed by atoms with van der Waals surface area (Å²) in [5, 5.41) is 8.66. The monoisotopic (exact) mass is 447 g/mol. The Balaban J connectivity index is 1.40. The van der Waals surface area contributed by atoms with E-state index in [1.54, 1.807) is 36.3 Å². The van der Waals surface area contributed by atoms with Crippen molar-refractivity contribution in [1.82, 2.24) is 15.1 Å². The largest absolute Gasteiger partial charge is 0.497 e. The maximum absolute atomic E-state index is 14.2. The smallest absolute Gasteiger partial charge is 0.277 e. The highest BCUT2D eigenvalue weighted by Gasteiger charge is 2.33. The second-order valence-electron chi connectivity index (χ2n) is 6.84. The predicted molar refractivity (Wildman–Crippen MR) is 112 cm³/mol. The third kappa shape index (κ3) is 4.76. The van der Waals surface area contributed by atoms with Gasteiger partial charge in [-0.2, -0.15) is 0 Å². The highest BCUT2D eigenvalue weighted by molar-refractivity contribution is 7.99. The van der Waals surface area contributed by atoms with Gasteiger partial charge in [0.15, 0.2) is 0 Å². The molecule has 1 aromatic heterocycles. The predicted octanol–water partition coefficient (Wildman–Crippen LogP) is 4.82. The van der Waals surface area contributed by atoms with E-state index in [1.165, 1.54) is 6.07 Å². The zero-order valence-electron chi connectivity index (χ0n) is 16.2. The third-order valence-corrected chi connectivity index (χ3v) is 5.92. The van der Waals surface area contributed by atoms with E-state index >= 15 is 0 Å². The van der Waals surface area contributed by atoms with Crippen LogP contribution in [-0.4, -0.2) is 39.9 Å². The van der Waals surface area contributed by atoms with Crippen LogP contribution in [-0.2, 0) is 11.3 Å². The molecule has 1 fully saturated rings. The van der Waals surface area contributed by atoms with Crippen molar-refractivity contribution in [2.75, 3.05) is 12.9 Å². The van der Waals surface area contributed by atoms with Crippen LogP contribution >= 0.6 is 23.4 Å². The first-order valence-corrected chi connectivity index (χ1v) is 10.7. The number of carbonyl (C=O) groups excluding carboxylic acids is 1. The highest BCUT2D eigenvalue weighted by Crippen LogP contribution is 2.32. The minimum atomic E-state index is -0.408. The summed E-state index contributed by atoms with van der Waals surface area (Å²) in [5.41, 5.74) is 1.10. The van der Waals surface area contributed by atoms with Gasteiger partial charge in [0.25, 0.3) is 5.22 Å². The van der Waals surface area contributed by atoms with Crippen LogP contribution in [0.4, 0.5) is 4.39 Å². The highest BCUT2D eigenvalue weighted by atomic mass is 35.5. The Morgan fingerprint density at radius 3 is 2.70 bits per heavy atom. The fraction of sp³-hybridized carbons (Fsp3) is 0.286. The molecule has 6 nitrogen and oxygen atoms in total. The number of thioether (sulfide) groups is 1. The van der Waals surface area contributed by atoms with Crippen molar-refractivity contribution in [2.45, 2.75) is 30.7 Å². The number of carbonyl (C=O) groups is 1. The number of rotatable bonds is 8. The van der Waals surface area contributed by atoms with Crippen molar-refractivity contribution in [1.29, 1.82) is 0 Å². The fourth-order valence-corrected chi connectivity index (χ4v) is 3.86. The molecule has 3 aromatic rings. The van der Waals surface area contributed by atoms with Crippen LogP contribution in [0, 0.1) is 5.82 Å². The van der Waals surface area contributed by atoms with Gasteiger partial charge in [0.05, 0.1) is 19.4 Å². The molecule has 0 bridgehead atoms. The van der Waals surface area contributed by atoms with Gasteiger partial charge in [-0.25, -0.2) is 4.39 Å². The van der Waals surface area contributed by atoms with Gasteiger partial charge in [0.1, 0.15) is 11.6 Å². The summed E-state index contributed by atoms with van der Waals surface area (Å²) in [4.78, 5) is 14.5. The Bertz CT molecular complexity index is 1020. The van der Waals surface area contributed by atoms with Crippen molar-refractivity contribution in [2.24, 2.45) is 0 Å². The minimum Gasteiger partial charge on any atom is -0.497 e. The lowest BCUT2D eigenvalue weighted by atomic mass is 10.2. The number of hydrogen-bond donors (Lipinski definition) is 0. The summed E-state index contributed by atoms with van der Waals surface area (Å²) in [6.45, 7) is 0.149. The molecule has 0 saturated heterocycles. The molecule has 156 valence electrons. The summed E-state index contributed by atoms with van der Waals surface area (Å²) in [6, 6.07) is 11.9. The lowest BCUT2D eigenvalue weighted by Crippen LogP contribution is -2.34. The molecule has 9 heteroatoms. The molecule has 0 aliphatic heterocycles. The minimum absolute atomic E-state index is 0.117. The Morgan fingerprint density at radius 2 is 2.03 bits per heavy atom. The van der Waals surface area contributed by atoms with E-state index in [4.69, 9.17) is 20.8 Å². The van der Waals surface area contributed by atoms with Crippen molar-refractivity contribution >= 4 is 29.3 Å². The third-order valence-electron chi connectivity index (χ3n) is 4.76. The van der Waals surface area contributed by atoms with Crippen LogP contribution in [0.2, 0.25) is 5.02 Å². The zero-order chi connectivity index (χ0) is 21.1. The maximum Gasteiger partial charge on any atom is 0.277 e. The van der Waals surface area contributed by atoms with E-state index in [2.05, 4.69) is 10.2 Å². The first-order chi connectivity index (χ1) is 14.5. The van der Waals surface area contributed by atoms with Crippen LogP contribution in [0.15, 0.2) is 52.1 Å². The molecule has 0 radical (unpaired) electrons. The van der Waals surface area contributed by atoms with E-state index in [1.807, 2.05) is 12.1 Å². The molecule has 0 N–H and O–H groups in total. The van der Waals surface area contributed by atoms with Gasteiger partial charge in [0, 0.05) is 22.2 Å². The van der Waals surface area contributed by atoms with E-state index in [0.29, 0.717) is 21.7 Å². The van der Waals surface area contributed by atoms with Gasteiger partial charge >= 0.3 is 0 Å². The topological polar surface area (TPSA) is 68.5 Å². The number of benzene rings is 2. The number of aromatic nitrogens is 2. The Morgan fingerprint density at radius 1 is 1.27 bits per heavy atom. The molecule has 0 atom stereocenters. The van der Waals surface area contributed by atoms with Gasteiger partial charge in [-0.05, 0) is 49.2 Å². The number of methoxy groups -OCH3 is 1. The van der Waals surface area contributed by atoms with Gasteiger partial charge in [-0.3, -0.25) is 4.79 Å². The first-order valence-electron chi connectivity index (χ1n) is 9.38. The van der Waals surface area contributed by atoms with Crippen LogP contribution in [0.5, 0.6) is 5.75 Å². The van der Waals surface area contributed by atoms with E-state index in [0.717, 1.165) is 35.9 Å². The normalized spacial score (nSPS) is 13.3. The number of amides is 1. The van der Waals surface area contributed by atoms with Crippen LogP contribution < -0.4 is 4.74 Å². The van der Waals surface area contributed by atoms with Crippen LogP contribution in [0.25, 0.3) is 11.5 Å². The summed E-state index contributed by atoms with van der Waals surface area (Å²) in [6.07, 6.45) is 1.81. The molecule has 1 saturated carbocycles. The van der Waals surface area contributed by atoms with Crippen molar-refractivity contribution < 1.29 is 18.3 Å². The molecule has 1 aliphatic rings. The van der Waals surface area contributed by atoms with Gasteiger partial charge in [0.2, 0.25) is 11.8 Å². The average Bonchev–Trinajstić information content (AvgIpc) is 3.48. The van der Waals surface area contributed by atoms with E-state index < -0.39 is 5.82 Å². The Kier molecular flexibility index (Phi) is 6.24. The lowest BCUT2D eigenvalue weighted by Gasteiger charge is -2.23. The average molecular weight is 448 g/mol. The van der Waals surface area contributed by atoms with Crippen molar-refractivity contribution in [3.8, 4) is 17.2 Å². The molecular weight excluding hydrogens is 429 g/mol. The van der Waals surface area contributed by atoms with Crippen LogP contribution in [0.3, 0.4) is 0 Å². The number of nitrogens with zero attached hydrogens (tertiary/aromatic N) is 3.